The van der Waals surface area contributed by atoms with Crippen LogP contribution in [0.25, 0.3) is 0 Å². The normalized spacial score (nSPS) is 32.4. The van der Waals surface area contributed by atoms with Crippen LogP contribution in [0, 0.1) is 0 Å². The molecule has 23 heavy (non-hydrogen) atoms. The van der Waals surface area contributed by atoms with Gasteiger partial charge in [0.25, 0.3) is 5.91 Å². The maximum Gasteiger partial charge on any atom is 0.316 e. The maximum absolute atomic E-state index is 12.2. The van der Waals surface area contributed by atoms with Gasteiger partial charge in [0.05, 0.1) is 25.6 Å². The predicted octanol–water partition coefficient (Wildman–Crippen LogP) is -0.245. The highest BCUT2D eigenvalue weighted by Crippen LogP contribution is 2.45. The summed E-state index contributed by atoms with van der Waals surface area (Å²) in [5.41, 5.74) is 5.33. The van der Waals surface area contributed by atoms with Crippen molar-refractivity contribution in [2.75, 3.05) is 13.7 Å². The summed E-state index contributed by atoms with van der Waals surface area (Å²) in [6.45, 7) is -0.124. The third-order valence-electron chi connectivity index (χ3n) is 4.95. The fourth-order valence-electron chi connectivity index (χ4n) is 3.45. The number of rotatable bonds is 5. The minimum absolute atomic E-state index is 0.124. The summed E-state index contributed by atoms with van der Waals surface area (Å²) < 4.78 is 10.2. The van der Waals surface area contributed by atoms with Crippen molar-refractivity contribution in [2.45, 2.75) is 49.3 Å². The fraction of sp³-hybridized carbons (Fsp3) is 0.667. The number of fused-ring (bicyclic) bond motifs is 3. The van der Waals surface area contributed by atoms with Gasteiger partial charge in [-0.05, 0) is 32.1 Å². The topological polar surface area (TPSA) is 120 Å². The zero-order valence-corrected chi connectivity index (χ0v) is 13.1. The molecular formula is C15H22N4O4. The number of hydrogen-bond acceptors (Lipinski definition) is 7. The first-order chi connectivity index (χ1) is 10.9. The van der Waals surface area contributed by atoms with E-state index in [1.165, 1.54) is 19.5 Å². The first-order valence-corrected chi connectivity index (χ1v) is 7.72. The monoisotopic (exact) mass is 322 g/mol. The highest BCUT2D eigenvalue weighted by molar-refractivity contribution is 5.78. The van der Waals surface area contributed by atoms with Crippen LogP contribution in [0.5, 0.6) is 11.8 Å². The molecule has 126 valence electrons. The smallest absolute Gasteiger partial charge is 0.316 e. The van der Waals surface area contributed by atoms with Gasteiger partial charge in [-0.15, -0.1) is 0 Å². The summed E-state index contributed by atoms with van der Waals surface area (Å²) in [5.74, 6) is 0.172. The molecule has 0 aliphatic heterocycles. The summed E-state index contributed by atoms with van der Waals surface area (Å²) in [6, 6.07) is 0.240. The van der Waals surface area contributed by atoms with Gasteiger partial charge in [0.15, 0.2) is 12.4 Å². The van der Waals surface area contributed by atoms with Crippen LogP contribution >= 0.6 is 0 Å². The van der Waals surface area contributed by atoms with Crippen molar-refractivity contribution in [3.8, 4) is 11.8 Å². The van der Waals surface area contributed by atoms with Crippen molar-refractivity contribution in [1.29, 1.82) is 0 Å². The standard InChI is InChI=1S/C15H22N4O4/c1-22-13-17-7-10(8-18-13)23-9-12(21)19-14-2-4-15(16,5-3-14)11(20)6-14/h7-8,11,20H,2-6,9,16H2,1H3,(H,19,21)/t11-,14?,15?/m0/s1. The van der Waals surface area contributed by atoms with E-state index in [-0.39, 0.29) is 24.1 Å². The highest BCUT2D eigenvalue weighted by Gasteiger charge is 2.52. The summed E-state index contributed by atoms with van der Waals surface area (Å²) in [6.07, 6.45) is 5.86. The Morgan fingerprint density at radius 2 is 2.04 bits per heavy atom. The van der Waals surface area contributed by atoms with Crippen molar-refractivity contribution in [3.63, 3.8) is 0 Å². The van der Waals surface area contributed by atoms with Gasteiger partial charge < -0.3 is 25.6 Å². The van der Waals surface area contributed by atoms with E-state index in [0.717, 1.165) is 25.7 Å². The number of amides is 1. The van der Waals surface area contributed by atoms with Crippen LogP contribution in [-0.4, -0.2) is 51.9 Å². The van der Waals surface area contributed by atoms with Crippen LogP contribution in [0.3, 0.4) is 0 Å². The zero-order valence-electron chi connectivity index (χ0n) is 13.1. The van der Waals surface area contributed by atoms with Gasteiger partial charge in [0.2, 0.25) is 0 Å². The van der Waals surface area contributed by atoms with Gasteiger partial charge >= 0.3 is 6.01 Å². The summed E-state index contributed by atoms with van der Waals surface area (Å²) in [4.78, 5) is 20.0. The molecule has 1 heterocycles. The second-order valence-corrected chi connectivity index (χ2v) is 6.48. The van der Waals surface area contributed by atoms with Gasteiger partial charge in [-0.1, -0.05) is 0 Å². The van der Waals surface area contributed by atoms with E-state index in [1.807, 2.05) is 0 Å². The molecular weight excluding hydrogens is 300 g/mol. The lowest BCUT2D eigenvalue weighted by atomic mass is 9.60. The molecule has 0 unspecified atom stereocenters. The SMILES string of the molecule is COc1ncc(OCC(=O)NC23CCC(N)(CC2)[C@@H](O)C3)cn1. The lowest BCUT2D eigenvalue weighted by Gasteiger charge is -2.54. The van der Waals surface area contributed by atoms with E-state index in [1.54, 1.807) is 0 Å². The number of ether oxygens (including phenoxy) is 2. The highest BCUT2D eigenvalue weighted by atomic mass is 16.5. The lowest BCUT2D eigenvalue weighted by Crippen LogP contribution is -2.68. The molecule has 1 amide bonds. The minimum Gasteiger partial charge on any atom is -0.481 e. The van der Waals surface area contributed by atoms with Crippen molar-refractivity contribution in [1.82, 2.24) is 15.3 Å². The number of carbonyl (C=O) groups is 1. The number of aliphatic hydroxyl groups excluding tert-OH is 1. The predicted molar refractivity (Wildman–Crippen MR) is 81.0 cm³/mol. The number of methoxy groups -OCH3 is 1. The van der Waals surface area contributed by atoms with E-state index in [9.17, 15) is 9.90 Å². The van der Waals surface area contributed by atoms with Crippen LogP contribution in [0.2, 0.25) is 0 Å². The molecule has 3 saturated carbocycles. The van der Waals surface area contributed by atoms with E-state index in [4.69, 9.17) is 15.2 Å². The number of nitrogens with two attached hydrogens (primary N) is 1. The van der Waals surface area contributed by atoms with Gasteiger partial charge in [-0.25, -0.2) is 0 Å². The number of aromatic nitrogens is 2. The lowest BCUT2D eigenvalue weighted by molar-refractivity contribution is -0.128. The molecule has 3 aliphatic rings. The van der Waals surface area contributed by atoms with Crippen molar-refractivity contribution >= 4 is 5.91 Å². The van der Waals surface area contributed by atoms with Gasteiger partial charge in [0, 0.05) is 11.1 Å². The van der Waals surface area contributed by atoms with Crippen LogP contribution in [-0.2, 0) is 4.79 Å². The van der Waals surface area contributed by atoms with Crippen molar-refractivity contribution < 1.29 is 19.4 Å². The Hall–Kier alpha value is -1.93. The Morgan fingerprint density at radius 1 is 1.39 bits per heavy atom. The Kier molecular flexibility index (Phi) is 4.11. The molecule has 0 radical (unpaired) electrons. The number of nitrogens with zero attached hydrogens (tertiary/aromatic N) is 2. The average Bonchev–Trinajstić information content (AvgIpc) is 2.55. The Balaban J connectivity index is 1.53. The summed E-state index contributed by atoms with van der Waals surface area (Å²) >= 11 is 0. The third kappa shape index (κ3) is 3.23. The first-order valence-electron chi connectivity index (χ1n) is 7.72. The third-order valence-corrected chi connectivity index (χ3v) is 4.95. The minimum atomic E-state index is -0.568. The molecule has 3 fully saturated rings. The van der Waals surface area contributed by atoms with Gasteiger partial charge in [-0.2, -0.15) is 9.97 Å². The van der Waals surface area contributed by atoms with Crippen molar-refractivity contribution in [3.05, 3.63) is 12.4 Å². The van der Waals surface area contributed by atoms with Crippen LogP contribution in [0.1, 0.15) is 32.1 Å². The Labute approximate surface area is 134 Å². The van der Waals surface area contributed by atoms with E-state index in [2.05, 4.69) is 15.3 Å². The maximum atomic E-state index is 12.2. The number of aliphatic hydroxyl groups is 1. The molecule has 0 aromatic carbocycles. The number of hydrogen-bond donors (Lipinski definition) is 3. The second kappa shape index (κ2) is 5.93. The molecule has 8 nitrogen and oxygen atoms in total. The van der Waals surface area contributed by atoms with Crippen LogP contribution < -0.4 is 20.5 Å². The second-order valence-electron chi connectivity index (χ2n) is 6.48. The molecule has 1 aromatic rings. The molecule has 2 bridgehead atoms. The Morgan fingerprint density at radius 3 is 2.61 bits per heavy atom. The quantitative estimate of drug-likeness (QED) is 0.684. The molecule has 3 aliphatic carbocycles. The summed E-state index contributed by atoms with van der Waals surface area (Å²) in [5, 5.41) is 13.2. The molecule has 1 atom stereocenters. The Bertz CT molecular complexity index is 569. The number of nitrogens with one attached hydrogen (secondary N) is 1. The molecule has 8 heteroatoms. The molecule has 4 rings (SSSR count). The number of carbonyl (C=O) groups excluding carboxylic acids is 1. The summed E-state index contributed by atoms with van der Waals surface area (Å²) in [7, 11) is 1.47. The molecule has 4 N–H and O–H groups in total. The largest absolute Gasteiger partial charge is 0.481 e. The average molecular weight is 322 g/mol. The molecule has 0 saturated heterocycles. The molecule has 1 aromatic heterocycles. The van der Waals surface area contributed by atoms with E-state index in [0.29, 0.717) is 12.2 Å². The van der Waals surface area contributed by atoms with Crippen molar-refractivity contribution in [2.24, 2.45) is 5.73 Å². The van der Waals surface area contributed by atoms with Gasteiger partial charge in [0.1, 0.15) is 0 Å². The van der Waals surface area contributed by atoms with Crippen LogP contribution in [0.15, 0.2) is 12.4 Å². The van der Waals surface area contributed by atoms with Crippen LogP contribution in [0.4, 0.5) is 0 Å². The zero-order chi connectivity index (χ0) is 16.5. The van der Waals surface area contributed by atoms with E-state index >= 15 is 0 Å². The molecule has 0 spiro atoms. The van der Waals surface area contributed by atoms with Gasteiger partial charge in [-0.3, -0.25) is 4.79 Å². The fourth-order valence-corrected chi connectivity index (χ4v) is 3.45. The van der Waals surface area contributed by atoms with E-state index < -0.39 is 11.6 Å². The first kappa shape index (κ1) is 15.9.